The standard InChI is InChI=1S/C27H24ClN3O3S2/c1-3-14-31-26(33)22-18-10-7-11-21(18)35-25(22)30-27(31)36-23(16-8-5-4-6-9-16)24(32)29-17-12-13-20(34-2)19(28)15-17/h3-6,8-9,12-13,15,23H,1,7,10-11,14H2,2H3,(H,29,32)/t23-/m0/s1. The summed E-state index contributed by atoms with van der Waals surface area (Å²) >= 11 is 9.11. The van der Waals surface area contributed by atoms with Gasteiger partial charge in [0.05, 0.1) is 17.5 Å². The number of allylic oxidation sites excluding steroid dienone is 1. The molecule has 0 aliphatic heterocycles. The van der Waals surface area contributed by atoms with E-state index < -0.39 is 5.25 Å². The number of aromatic nitrogens is 2. The van der Waals surface area contributed by atoms with Crippen LogP contribution in [0.4, 0.5) is 5.69 Å². The predicted molar refractivity (Wildman–Crippen MR) is 148 cm³/mol. The Morgan fingerprint density at radius 1 is 1.31 bits per heavy atom. The van der Waals surface area contributed by atoms with E-state index in [0.29, 0.717) is 33.5 Å². The number of aryl methyl sites for hydroxylation is 2. The summed E-state index contributed by atoms with van der Waals surface area (Å²) in [5.74, 6) is 0.276. The summed E-state index contributed by atoms with van der Waals surface area (Å²) in [6, 6.07) is 14.6. The van der Waals surface area contributed by atoms with E-state index in [1.54, 1.807) is 40.2 Å². The van der Waals surface area contributed by atoms with Crippen LogP contribution in [0.3, 0.4) is 0 Å². The van der Waals surface area contributed by atoms with E-state index in [2.05, 4.69) is 11.9 Å². The normalized spacial score (nSPS) is 13.4. The number of thiophene rings is 1. The van der Waals surface area contributed by atoms with Crippen LogP contribution in [-0.2, 0) is 24.2 Å². The highest BCUT2D eigenvalue weighted by atomic mass is 35.5. The minimum Gasteiger partial charge on any atom is -0.495 e. The molecule has 1 aliphatic carbocycles. The minimum absolute atomic E-state index is 0.0732. The number of hydrogen-bond acceptors (Lipinski definition) is 6. The van der Waals surface area contributed by atoms with E-state index in [1.807, 2.05) is 30.3 Å². The molecule has 6 nitrogen and oxygen atoms in total. The summed E-state index contributed by atoms with van der Waals surface area (Å²) in [5, 5.41) is 3.91. The number of carbonyl (C=O) groups is 1. The highest BCUT2D eigenvalue weighted by molar-refractivity contribution is 8.00. The molecule has 1 atom stereocenters. The van der Waals surface area contributed by atoms with Gasteiger partial charge in [-0.05, 0) is 48.6 Å². The Labute approximate surface area is 222 Å². The van der Waals surface area contributed by atoms with Crippen molar-refractivity contribution in [3.8, 4) is 5.75 Å². The minimum atomic E-state index is -0.653. The quantitative estimate of drug-likeness (QED) is 0.163. The van der Waals surface area contributed by atoms with Gasteiger partial charge in [-0.15, -0.1) is 17.9 Å². The third-order valence-electron chi connectivity index (χ3n) is 6.08. The van der Waals surface area contributed by atoms with Gasteiger partial charge in [0.15, 0.2) is 5.16 Å². The Morgan fingerprint density at radius 2 is 2.11 bits per heavy atom. The number of rotatable bonds is 8. The van der Waals surface area contributed by atoms with Crippen LogP contribution in [0.2, 0.25) is 5.02 Å². The summed E-state index contributed by atoms with van der Waals surface area (Å²) in [6.45, 7) is 4.14. The van der Waals surface area contributed by atoms with Crippen molar-refractivity contribution in [2.75, 3.05) is 12.4 Å². The fourth-order valence-electron chi connectivity index (χ4n) is 4.40. The van der Waals surface area contributed by atoms with Crippen molar-refractivity contribution in [1.82, 2.24) is 9.55 Å². The van der Waals surface area contributed by atoms with Crippen molar-refractivity contribution in [2.24, 2.45) is 0 Å². The third kappa shape index (κ3) is 4.68. The first-order valence-electron chi connectivity index (χ1n) is 11.5. The van der Waals surface area contributed by atoms with Crippen molar-refractivity contribution in [1.29, 1.82) is 0 Å². The maximum absolute atomic E-state index is 13.6. The molecular formula is C27H24ClN3O3S2. The zero-order chi connectivity index (χ0) is 25.2. The number of nitrogens with one attached hydrogen (secondary N) is 1. The van der Waals surface area contributed by atoms with Crippen LogP contribution in [0.5, 0.6) is 5.75 Å². The largest absolute Gasteiger partial charge is 0.495 e. The fourth-order valence-corrected chi connectivity index (χ4v) is 7.06. The highest BCUT2D eigenvalue weighted by Gasteiger charge is 2.28. The summed E-state index contributed by atoms with van der Waals surface area (Å²) < 4.78 is 6.83. The molecule has 0 radical (unpaired) electrons. The number of benzene rings is 2. The van der Waals surface area contributed by atoms with Crippen molar-refractivity contribution in [3.63, 3.8) is 0 Å². The molecule has 2 heterocycles. The number of amides is 1. The first kappa shape index (κ1) is 24.6. The van der Waals surface area contributed by atoms with Crippen LogP contribution in [-0.4, -0.2) is 22.6 Å². The van der Waals surface area contributed by atoms with Crippen molar-refractivity contribution >= 4 is 56.5 Å². The maximum Gasteiger partial charge on any atom is 0.263 e. The number of carbonyl (C=O) groups excluding carboxylic acids is 1. The number of hydrogen-bond donors (Lipinski definition) is 1. The van der Waals surface area contributed by atoms with E-state index in [-0.39, 0.29) is 11.5 Å². The second-order valence-corrected chi connectivity index (χ2v) is 10.9. The summed E-state index contributed by atoms with van der Waals surface area (Å²) in [7, 11) is 1.54. The topological polar surface area (TPSA) is 73.2 Å². The summed E-state index contributed by atoms with van der Waals surface area (Å²) in [4.78, 5) is 34.0. The molecule has 0 bridgehead atoms. The predicted octanol–water partition coefficient (Wildman–Crippen LogP) is 6.27. The molecule has 0 unspecified atom stereocenters. The number of ether oxygens (including phenoxy) is 1. The van der Waals surface area contributed by atoms with E-state index in [9.17, 15) is 9.59 Å². The number of nitrogens with zero attached hydrogens (tertiary/aromatic N) is 2. The van der Waals surface area contributed by atoms with Gasteiger partial charge in [0.25, 0.3) is 5.56 Å². The molecule has 5 rings (SSSR count). The molecule has 184 valence electrons. The lowest BCUT2D eigenvalue weighted by atomic mass is 10.1. The van der Waals surface area contributed by atoms with E-state index >= 15 is 0 Å². The smallest absolute Gasteiger partial charge is 0.263 e. The molecule has 4 aromatic rings. The van der Waals surface area contributed by atoms with Gasteiger partial charge in [0.2, 0.25) is 5.91 Å². The maximum atomic E-state index is 13.6. The van der Waals surface area contributed by atoms with Gasteiger partial charge in [-0.3, -0.25) is 14.2 Å². The lowest BCUT2D eigenvalue weighted by Crippen LogP contribution is -2.25. The third-order valence-corrected chi connectivity index (χ3v) is 8.81. The molecule has 36 heavy (non-hydrogen) atoms. The van der Waals surface area contributed by atoms with Gasteiger partial charge in [-0.25, -0.2) is 4.98 Å². The highest BCUT2D eigenvalue weighted by Crippen LogP contribution is 2.39. The van der Waals surface area contributed by atoms with E-state index in [4.69, 9.17) is 21.3 Å². The second kappa shape index (κ2) is 10.5. The molecule has 0 fully saturated rings. The van der Waals surface area contributed by atoms with E-state index in [1.165, 1.54) is 23.7 Å². The monoisotopic (exact) mass is 537 g/mol. The fraction of sp³-hybridized carbons (Fsp3) is 0.222. The average molecular weight is 538 g/mol. The van der Waals surface area contributed by atoms with Gasteiger partial charge in [-0.1, -0.05) is 59.8 Å². The number of fused-ring (bicyclic) bond motifs is 3. The number of anilines is 1. The van der Waals surface area contributed by atoms with E-state index in [0.717, 1.165) is 35.2 Å². The number of methoxy groups -OCH3 is 1. The van der Waals surface area contributed by atoms with Crippen LogP contribution in [0, 0.1) is 0 Å². The SMILES string of the molecule is C=CCn1c(S[C@H](C(=O)Nc2ccc(OC)c(Cl)c2)c2ccccc2)nc2sc3c(c2c1=O)CCC3. The van der Waals surface area contributed by atoms with Gasteiger partial charge < -0.3 is 10.1 Å². The van der Waals surface area contributed by atoms with Crippen LogP contribution >= 0.6 is 34.7 Å². The lowest BCUT2D eigenvalue weighted by molar-refractivity contribution is -0.115. The molecule has 1 amide bonds. The second-order valence-electron chi connectivity index (χ2n) is 8.38. The van der Waals surface area contributed by atoms with Crippen molar-refractivity contribution in [3.05, 3.63) is 92.6 Å². The molecule has 2 aromatic heterocycles. The number of halogens is 1. The zero-order valence-electron chi connectivity index (χ0n) is 19.6. The zero-order valence-corrected chi connectivity index (χ0v) is 22.0. The molecule has 2 aromatic carbocycles. The lowest BCUT2D eigenvalue weighted by Gasteiger charge is -2.19. The Morgan fingerprint density at radius 3 is 2.83 bits per heavy atom. The van der Waals surface area contributed by atoms with Crippen LogP contribution < -0.4 is 15.6 Å². The molecule has 0 saturated carbocycles. The first-order chi connectivity index (χ1) is 17.5. The number of thioether (sulfide) groups is 1. The van der Waals surface area contributed by atoms with Crippen molar-refractivity contribution in [2.45, 2.75) is 36.2 Å². The molecule has 1 N–H and O–H groups in total. The Bertz CT molecular complexity index is 1510. The Balaban J connectivity index is 1.55. The molecule has 1 aliphatic rings. The van der Waals surface area contributed by atoms with Gasteiger partial charge in [-0.2, -0.15) is 0 Å². The summed E-state index contributed by atoms with van der Waals surface area (Å²) in [5.41, 5.74) is 2.41. The first-order valence-corrected chi connectivity index (χ1v) is 13.6. The molecule has 0 saturated heterocycles. The van der Waals surface area contributed by atoms with Crippen molar-refractivity contribution < 1.29 is 9.53 Å². The molecular weight excluding hydrogens is 514 g/mol. The molecule has 9 heteroatoms. The van der Waals surface area contributed by atoms with Crippen LogP contribution in [0.1, 0.15) is 27.7 Å². The van der Waals surface area contributed by atoms with Gasteiger partial charge >= 0.3 is 0 Å². The Kier molecular flexibility index (Phi) is 7.18. The average Bonchev–Trinajstić information content (AvgIpc) is 3.46. The summed E-state index contributed by atoms with van der Waals surface area (Å²) in [6.07, 6.45) is 4.65. The van der Waals surface area contributed by atoms with Gasteiger partial charge in [0.1, 0.15) is 15.8 Å². The van der Waals surface area contributed by atoms with Crippen LogP contribution in [0.25, 0.3) is 10.2 Å². The van der Waals surface area contributed by atoms with Crippen LogP contribution in [0.15, 0.2) is 71.1 Å². The Hall–Kier alpha value is -3.07. The van der Waals surface area contributed by atoms with Gasteiger partial charge in [0, 0.05) is 17.1 Å². The molecule has 0 spiro atoms.